The van der Waals surface area contributed by atoms with Crippen LogP contribution in [0.25, 0.3) is 0 Å². The number of hydrogen-bond donors (Lipinski definition) is 1. The fraction of sp³-hybridized carbons (Fsp3) is 0.0909. The Hall–Kier alpha value is -2.70. The lowest BCUT2D eigenvalue weighted by Gasteiger charge is -1.99. The van der Waals surface area contributed by atoms with Crippen LogP contribution in [0.3, 0.4) is 0 Å². The number of rotatable bonds is 4. The van der Waals surface area contributed by atoms with E-state index in [-0.39, 0.29) is 11.4 Å². The molecule has 1 aromatic carbocycles. The zero-order chi connectivity index (χ0) is 13.1. The van der Waals surface area contributed by atoms with Crippen LogP contribution in [0.15, 0.2) is 36.5 Å². The van der Waals surface area contributed by atoms with E-state index in [0.29, 0.717) is 6.54 Å². The van der Waals surface area contributed by atoms with Gasteiger partial charge < -0.3 is 15.2 Å². The first-order valence-corrected chi connectivity index (χ1v) is 5.06. The zero-order valence-electron chi connectivity index (χ0n) is 9.18. The van der Waals surface area contributed by atoms with E-state index < -0.39 is 10.9 Å². The second kappa shape index (κ2) is 4.66. The minimum absolute atomic E-state index is 0.199. The Morgan fingerprint density at radius 2 is 2.00 bits per heavy atom. The quantitative estimate of drug-likeness (QED) is 0.652. The molecule has 7 nitrogen and oxygen atoms in total. The molecule has 0 fully saturated rings. The summed E-state index contributed by atoms with van der Waals surface area (Å²) in [5.41, 5.74) is 1.02. The van der Waals surface area contributed by atoms with Crippen LogP contribution < -0.4 is 0 Å². The average Bonchev–Trinajstić information content (AvgIpc) is 2.78. The molecule has 0 atom stereocenters. The van der Waals surface area contributed by atoms with E-state index in [1.54, 1.807) is 12.1 Å². The molecule has 0 unspecified atom stereocenters. The van der Waals surface area contributed by atoms with Crippen molar-refractivity contribution < 1.29 is 14.8 Å². The maximum absolute atomic E-state index is 10.7. The molecule has 0 saturated heterocycles. The van der Waals surface area contributed by atoms with E-state index in [9.17, 15) is 14.9 Å². The number of benzene rings is 1. The topological polar surface area (TPSA) is 98.3 Å². The van der Waals surface area contributed by atoms with E-state index >= 15 is 0 Å². The van der Waals surface area contributed by atoms with Gasteiger partial charge in [0.05, 0.1) is 29.5 Å². The van der Waals surface area contributed by atoms with E-state index in [2.05, 4.69) is 5.10 Å². The largest absolute Gasteiger partial charge is 0.478 e. The molecule has 0 bridgehead atoms. The summed E-state index contributed by atoms with van der Waals surface area (Å²) in [5, 5.41) is 23.0. The molecule has 92 valence electrons. The van der Waals surface area contributed by atoms with Gasteiger partial charge in [-0.05, 0) is 22.6 Å². The molecule has 0 spiro atoms. The van der Waals surface area contributed by atoms with Gasteiger partial charge in [-0.1, -0.05) is 12.1 Å². The number of aromatic carboxylic acids is 1. The van der Waals surface area contributed by atoms with Crippen molar-refractivity contribution in [2.45, 2.75) is 6.54 Å². The van der Waals surface area contributed by atoms with E-state index in [1.807, 2.05) is 0 Å². The monoisotopic (exact) mass is 247 g/mol. The molecule has 0 radical (unpaired) electrons. The third-order valence-corrected chi connectivity index (χ3v) is 2.36. The molecule has 2 aromatic rings. The van der Waals surface area contributed by atoms with Crippen molar-refractivity contribution in [3.63, 3.8) is 0 Å². The van der Waals surface area contributed by atoms with E-state index in [1.165, 1.54) is 29.1 Å². The third kappa shape index (κ3) is 2.51. The van der Waals surface area contributed by atoms with E-state index in [0.717, 1.165) is 5.56 Å². The van der Waals surface area contributed by atoms with Gasteiger partial charge in [0.25, 0.3) is 0 Å². The van der Waals surface area contributed by atoms with Crippen molar-refractivity contribution in [2.24, 2.45) is 0 Å². The van der Waals surface area contributed by atoms with Crippen molar-refractivity contribution in [1.82, 2.24) is 9.78 Å². The highest BCUT2D eigenvalue weighted by Crippen LogP contribution is 2.09. The van der Waals surface area contributed by atoms with Gasteiger partial charge in [-0.25, -0.2) is 4.79 Å². The molecular formula is C11H9N3O4. The predicted octanol–water partition coefficient (Wildman–Crippen LogP) is 1.54. The number of hydrogen-bond acceptors (Lipinski definition) is 4. The highest BCUT2D eigenvalue weighted by atomic mass is 16.6. The minimum Gasteiger partial charge on any atom is -0.478 e. The molecule has 7 heteroatoms. The molecule has 0 aliphatic heterocycles. The van der Waals surface area contributed by atoms with Gasteiger partial charge in [-0.15, -0.1) is 0 Å². The number of carboxylic acids is 1. The molecule has 0 aliphatic rings. The molecule has 1 N–H and O–H groups in total. The van der Waals surface area contributed by atoms with Crippen LogP contribution >= 0.6 is 0 Å². The Morgan fingerprint density at radius 1 is 1.33 bits per heavy atom. The SMILES string of the molecule is O=C(O)c1ccc(Cn2ccc([N+](=O)[O-])n2)cc1. The molecule has 0 saturated carbocycles. The van der Waals surface area contributed by atoms with Crippen LogP contribution in [-0.2, 0) is 6.54 Å². The Labute approximate surface area is 101 Å². The Morgan fingerprint density at radius 3 is 2.50 bits per heavy atom. The maximum atomic E-state index is 10.7. The maximum Gasteiger partial charge on any atom is 0.389 e. The van der Waals surface area contributed by atoms with Gasteiger partial charge in [0.2, 0.25) is 0 Å². The highest BCUT2D eigenvalue weighted by molar-refractivity contribution is 5.87. The summed E-state index contributed by atoms with van der Waals surface area (Å²) >= 11 is 0. The van der Waals surface area contributed by atoms with Crippen molar-refractivity contribution in [2.75, 3.05) is 0 Å². The fourth-order valence-corrected chi connectivity index (χ4v) is 1.48. The van der Waals surface area contributed by atoms with Gasteiger partial charge >= 0.3 is 11.8 Å². The summed E-state index contributed by atoms with van der Waals surface area (Å²) in [7, 11) is 0. The zero-order valence-corrected chi connectivity index (χ0v) is 9.18. The lowest BCUT2D eigenvalue weighted by molar-refractivity contribution is -0.389. The molecule has 1 heterocycles. The minimum atomic E-state index is -0.990. The van der Waals surface area contributed by atoms with Gasteiger partial charge in [0.15, 0.2) is 0 Å². The first-order chi connectivity index (χ1) is 8.56. The van der Waals surface area contributed by atoms with Gasteiger partial charge in [-0.2, -0.15) is 4.68 Å². The second-order valence-electron chi connectivity index (χ2n) is 3.63. The van der Waals surface area contributed by atoms with Gasteiger partial charge in [0, 0.05) is 0 Å². The first kappa shape index (κ1) is 11.8. The molecular weight excluding hydrogens is 238 g/mol. The first-order valence-electron chi connectivity index (χ1n) is 5.06. The van der Waals surface area contributed by atoms with Gasteiger partial charge in [0.1, 0.15) is 0 Å². The van der Waals surface area contributed by atoms with Crippen molar-refractivity contribution in [3.8, 4) is 0 Å². The van der Waals surface area contributed by atoms with Crippen LogP contribution in [0.2, 0.25) is 0 Å². The summed E-state index contributed by atoms with van der Waals surface area (Å²) in [4.78, 5) is 20.5. The molecule has 0 aliphatic carbocycles. The molecule has 0 amide bonds. The summed E-state index contributed by atoms with van der Waals surface area (Å²) in [5.74, 6) is -1.20. The van der Waals surface area contributed by atoms with Crippen LogP contribution in [0.1, 0.15) is 15.9 Å². The Kier molecular flexibility index (Phi) is 3.05. The average molecular weight is 247 g/mol. The number of aromatic nitrogens is 2. The lowest BCUT2D eigenvalue weighted by Crippen LogP contribution is -2.02. The normalized spacial score (nSPS) is 10.2. The summed E-state index contributed by atoms with van der Waals surface area (Å²) in [6, 6.07) is 7.57. The van der Waals surface area contributed by atoms with Gasteiger partial charge in [-0.3, -0.25) is 0 Å². The van der Waals surface area contributed by atoms with Crippen LogP contribution in [0.4, 0.5) is 5.82 Å². The Balaban J connectivity index is 2.13. The van der Waals surface area contributed by atoms with E-state index in [4.69, 9.17) is 5.11 Å². The summed E-state index contributed by atoms with van der Waals surface area (Å²) in [6.07, 6.45) is 1.50. The smallest absolute Gasteiger partial charge is 0.389 e. The molecule has 2 rings (SSSR count). The van der Waals surface area contributed by atoms with Crippen LogP contribution in [-0.4, -0.2) is 25.8 Å². The molecule has 1 aromatic heterocycles. The van der Waals surface area contributed by atoms with Crippen LogP contribution in [0.5, 0.6) is 0 Å². The number of nitro groups is 1. The third-order valence-electron chi connectivity index (χ3n) is 2.36. The Bertz CT molecular complexity index is 589. The number of carbonyl (C=O) groups is 1. The summed E-state index contributed by atoms with van der Waals surface area (Å²) < 4.78 is 1.42. The van der Waals surface area contributed by atoms with Crippen LogP contribution in [0, 0.1) is 10.1 Å². The molecule has 18 heavy (non-hydrogen) atoms. The lowest BCUT2D eigenvalue weighted by atomic mass is 10.1. The second-order valence-corrected chi connectivity index (χ2v) is 3.63. The van der Waals surface area contributed by atoms with Crippen molar-refractivity contribution in [1.29, 1.82) is 0 Å². The number of carboxylic acid groups (broad SMARTS) is 1. The van der Waals surface area contributed by atoms with Crippen molar-refractivity contribution >= 4 is 11.8 Å². The summed E-state index contributed by atoms with van der Waals surface area (Å²) in [6.45, 7) is 0.355. The highest BCUT2D eigenvalue weighted by Gasteiger charge is 2.11. The van der Waals surface area contributed by atoms with Crippen molar-refractivity contribution in [3.05, 3.63) is 57.8 Å². The predicted molar refractivity (Wildman–Crippen MR) is 61.4 cm³/mol. The standard InChI is InChI=1S/C11H9N3O4/c15-11(16)9-3-1-8(2-4-9)7-13-6-5-10(12-13)14(17)18/h1-6H,7H2,(H,15,16). The fourth-order valence-electron chi connectivity index (χ4n) is 1.48. The number of nitrogens with zero attached hydrogens (tertiary/aromatic N) is 3.